The van der Waals surface area contributed by atoms with Gasteiger partial charge in [-0.3, -0.25) is 4.99 Å². The third-order valence-electron chi connectivity index (χ3n) is 5.00. The molecule has 2 aromatic rings. The van der Waals surface area contributed by atoms with Gasteiger partial charge in [0.2, 0.25) is 0 Å². The fourth-order valence-corrected chi connectivity index (χ4v) is 3.16. The van der Waals surface area contributed by atoms with Gasteiger partial charge in [-0.2, -0.15) is 0 Å². The lowest BCUT2D eigenvalue weighted by Gasteiger charge is -2.19. The molecule has 1 aliphatic rings. The molecule has 0 radical (unpaired) electrons. The Hall–Kier alpha value is -2.69. The first-order valence-electron chi connectivity index (χ1n) is 8.92. The van der Waals surface area contributed by atoms with E-state index in [1.54, 1.807) is 21.3 Å². The molecule has 1 aliphatic carbocycles. The van der Waals surface area contributed by atoms with Crippen molar-refractivity contribution in [2.45, 2.75) is 24.8 Å². The highest BCUT2D eigenvalue weighted by Crippen LogP contribution is 2.47. The highest BCUT2D eigenvalue weighted by Gasteiger charge is 2.43. The van der Waals surface area contributed by atoms with Crippen molar-refractivity contribution in [3.05, 3.63) is 59.7 Å². The first-order chi connectivity index (χ1) is 12.7. The van der Waals surface area contributed by atoms with Gasteiger partial charge in [-0.15, -0.1) is 0 Å². The fourth-order valence-electron chi connectivity index (χ4n) is 3.16. The molecule has 138 valence electrons. The van der Waals surface area contributed by atoms with Gasteiger partial charge in [0.25, 0.3) is 0 Å². The molecule has 26 heavy (non-hydrogen) atoms. The molecular formula is C21H27N3O2. The number of hydrogen-bond donors (Lipinski definition) is 2. The SMILES string of the molecule is CN=C(NCc1ccc(OC)cc1OC)NCC1(c2ccccc2)CC1. The number of aliphatic imine (C=N–C) groups is 1. The van der Waals surface area contributed by atoms with Gasteiger partial charge in [0.15, 0.2) is 5.96 Å². The van der Waals surface area contributed by atoms with Crippen molar-refractivity contribution in [2.75, 3.05) is 27.8 Å². The molecule has 5 nitrogen and oxygen atoms in total. The molecular weight excluding hydrogens is 326 g/mol. The standard InChI is InChI=1S/C21H27N3O2/c1-22-20(23-14-16-9-10-18(25-2)13-19(16)26-3)24-15-21(11-12-21)17-7-5-4-6-8-17/h4-10,13H,11-12,14-15H2,1-3H3,(H2,22,23,24). The van der Waals surface area contributed by atoms with E-state index >= 15 is 0 Å². The van der Waals surface area contributed by atoms with Crippen LogP contribution in [0.15, 0.2) is 53.5 Å². The smallest absolute Gasteiger partial charge is 0.191 e. The molecule has 0 aromatic heterocycles. The van der Waals surface area contributed by atoms with Crippen molar-refractivity contribution in [3.8, 4) is 11.5 Å². The summed E-state index contributed by atoms with van der Waals surface area (Å²) < 4.78 is 10.7. The van der Waals surface area contributed by atoms with Crippen LogP contribution in [-0.4, -0.2) is 33.8 Å². The molecule has 0 spiro atoms. The Labute approximate surface area is 155 Å². The van der Waals surface area contributed by atoms with Gasteiger partial charge >= 0.3 is 0 Å². The molecule has 0 unspecified atom stereocenters. The largest absolute Gasteiger partial charge is 0.497 e. The average molecular weight is 353 g/mol. The number of guanidine groups is 1. The Morgan fingerprint density at radius 3 is 2.42 bits per heavy atom. The molecule has 5 heteroatoms. The molecule has 0 bridgehead atoms. The normalized spacial score (nSPS) is 15.3. The summed E-state index contributed by atoms with van der Waals surface area (Å²) in [5.74, 6) is 2.38. The first kappa shape index (κ1) is 18.1. The maximum atomic E-state index is 5.46. The molecule has 0 saturated heterocycles. The second-order valence-electron chi connectivity index (χ2n) is 6.60. The molecule has 3 rings (SSSR count). The maximum Gasteiger partial charge on any atom is 0.191 e. The minimum atomic E-state index is 0.247. The Kier molecular flexibility index (Phi) is 5.66. The molecule has 1 saturated carbocycles. The minimum absolute atomic E-state index is 0.247. The van der Waals surface area contributed by atoms with Crippen LogP contribution in [0.3, 0.4) is 0 Å². The maximum absolute atomic E-state index is 5.46. The van der Waals surface area contributed by atoms with Gasteiger partial charge in [-0.05, 0) is 30.5 Å². The summed E-state index contributed by atoms with van der Waals surface area (Å²) in [6.45, 7) is 1.52. The van der Waals surface area contributed by atoms with Crippen molar-refractivity contribution < 1.29 is 9.47 Å². The third-order valence-corrected chi connectivity index (χ3v) is 5.00. The summed E-state index contributed by atoms with van der Waals surface area (Å²) in [5.41, 5.74) is 2.71. The van der Waals surface area contributed by atoms with Crippen molar-refractivity contribution >= 4 is 5.96 Å². The van der Waals surface area contributed by atoms with E-state index in [9.17, 15) is 0 Å². The number of nitrogens with one attached hydrogen (secondary N) is 2. The quantitative estimate of drug-likeness (QED) is 0.593. The fraction of sp³-hybridized carbons (Fsp3) is 0.381. The second-order valence-corrected chi connectivity index (χ2v) is 6.60. The van der Waals surface area contributed by atoms with E-state index in [-0.39, 0.29) is 5.41 Å². The van der Waals surface area contributed by atoms with E-state index < -0.39 is 0 Å². The summed E-state index contributed by atoms with van der Waals surface area (Å²) in [5, 5.41) is 6.84. The topological polar surface area (TPSA) is 54.9 Å². The summed E-state index contributed by atoms with van der Waals surface area (Å²) in [4.78, 5) is 4.35. The molecule has 0 atom stereocenters. The molecule has 0 aliphatic heterocycles. The highest BCUT2D eigenvalue weighted by molar-refractivity contribution is 5.80. The van der Waals surface area contributed by atoms with Gasteiger partial charge in [0.1, 0.15) is 11.5 Å². The summed E-state index contributed by atoms with van der Waals surface area (Å²) in [6.07, 6.45) is 2.43. The summed E-state index contributed by atoms with van der Waals surface area (Å²) >= 11 is 0. The first-order valence-corrected chi connectivity index (χ1v) is 8.92. The monoisotopic (exact) mass is 353 g/mol. The highest BCUT2D eigenvalue weighted by atomic mass is 16.5. The Bertz CT molecular complexity index is 755. The third kappa shape index (κ3) is 4.10. The van der Waals surface area contributed by atoms with Gasteiger partial charge in [-0.1, -0.05) is 30.3 Å². The van der Waals surface area contributed by atoms with Crippen LogP contribution in [0.5, 0.6) is 11.5 Å². The van der Waals surface area contributed by atoms with Gasteiger partial charge in [0, 0.05) is 37.2 Å². The van der Waals surface area contributed by atoms with Crippen LogP contribution in [0.4, 0.5) is 0 Å². The molecule has 1 fully saturated rings. The van der Waals surface area contributed by atoms with Crippen LogP contribution in [0.2, 0.25) is 0 Å². The van der Waals surface area contributed by atoms with Crippen LogP contribution in [0, 0.1) is 0 Å². The van der Waals surface area contributed by atoms with E-state index in [0.717, 1.165) is 29.6 Å². The van der Waals surface area contributed by atoms with E-state index in [1.165, 1.54) is 18.4 Å². The van der Waals surface area contributed by atoms with E-state index in [2.05, 4.69) is 46.0 Å². The Morgan fingerprint density at radius 1 is 1.04 bits per heavy atom. The Balaban J connectivity index is 1.58. The minimum Gasteiger partial charge on any atom is -0.497 e. The predicted molar refractivity (Wildman–Crippen MR) is 105 cm³/mol. The lowest BCUT2D eigenvalue weighted by Crippen LogP contribution is -2.40. The number of hydrogen-bond acceptors (Lipinski definition) is 3. The summed E-state index contributed by atoms with van der Waals surface area (Å²) in [6, 6.07) is 16.5. The predicted octanol–water partition coefficient (Wildman–Crippen LogP) is 3.10. The van der Waals surface area contributed by atoms with Crippen LogP contribution in [0.1, 0.15) is 24.0 Å². The zero-order valence-corrected chi connectivity index (χ0v) is 15.7. The second kappa shape index (κ2) is 8.13. The van der Waals surface area contributed by atoms with Crippen molar-refractivity contribution in [1.82, 2.24) is 10.6 Å². The van der Waals surface area contributed by atoms with E-state index in [1.807, 2.05) is 18.2 Å². The lowest BCUT2D eigenvalue weighted by molar-refractivity contribution is 0.390. The molecule has 0 heterocycles. The van der Waals surface area contributed by atoms with E-state index in [4.69, 9.17) is 9.47 Å². The number of ether oxygens (including phenoxy) is 2. The van der Waals surface area contributed by atoms with Gasteiger partial charge < -0.3 is 20.1 Å². The Morgan fingerprint density at radius 2 is 1.81 bits per heavy atom. The van der Waals surface area contributed by atoms with Crippen LogP contribution >= 0.6 is 0 Å². The van der Waals surface area contributed by atoms with Crippen LogP contribution in [0.25, 0.3) is 0 Å². The number of methoxy groups -OCH3 is 2. The van der Waals surface area contributed by atoms with Crippen molar-refractivity contribution in [1.29, 1.82) is 0 Å². The zero-order chi connectivity index (χ0) is 18.4. The van der Waals surface area contributed by atoms with E-state index in [0.29, 0.717) is 6.54 Å². The number of rotatable bonds is 7. The average Bonchev–Trinajstić information content (AvgIpc) is 3.50. The van der Waals surface area contributed by atoms with Gasteiger partial charge in [-0.25, -0.2) is 0 Å². The molecule has 2 N–H and O–H groups in total. The van der Waals surface area contributed by atoms with Crippen LogP contribution < -0.4 is 20.1 Å². The van der Waals surface area contributed by atoms with Crippen molar-refractivity contribution in [3.63, 3.8) is 0 Å². The zero-order valence-electron chi connectivity index (χ0n) is 15.7. The lowest BCUT2D eigenvalue weighted by atomic mass is 9.96. The number of nitrogens with zero attached hydrogens (tertiary/aromatic N) is 1. The van der Waals surface area contributed by atoms with Crippen LogP contribution in [-0.2, 0) is 12.0 Å². The summed E-state index contributed by atoms with van der Waals surface area (Å²) in [7, 11) is 5.11. The number of benzene rings is 2. The molecule has 2 aromatic carbocycles. The van der Waals surface area contributed by atoms with Crippen molar-refractivity contribution in [2.24, 2.45) is 4.99 Å². The molecule has 0 amide bonds. The van der Waals surface area contributed by atoms with Gasteiger partial charge in [0.05, 0.1) is 14.2 Å².